The number of thiophene rings is 1. The van der Waals surface area contributed by atoms with Gasteiger partial charge in [0.1, 0.15) is 0 Å². The first-order valence-electron chi connectivity index (χ1n) is 6.17. The van der Waals surface area contributed by atoms with Crippen LogP contribution in [0, 0.1) is 0 Å². The summed E-state index contributed by atoms with van der Waals surface area (Å²) in [7, 11) is 1.99. The van der Waals surface area contributed by atoms with Crippen molar-refractivity contribution in [3.8, 4) is 0 Å². The van der Waals surface area contributed by atoms with E-state index in [0.29, 0.717) is 0 Å². The SMILES string of the molecule is CNCc1ccc(CN2CCOC(C)(C)C2)s1. The van der Waals surface area contributed by atoms with Crippen LogP contribution in [0.15, 0.2) is 12.1 Å². The highest BCUT2D eigenvalue weighted by molar-refractivity contribution is 7.11. The Morgan fingerprint density at radius 2 is 2.18 bits per heavy atom. The van der Waals surface area contributed by atoms with Gasteiger partial charge in [-0.05, 0) is 33.0 Å². The van der Waals surface area contributed by atoms with Crippen LogP contribution in [0.25, 0.3) is 0 Å². The highest BCUT2D eigenvalue weighted by atomic mass is 32.1. The molecule has 1 N–H and O–H groups in total. The number of morpholine rings is 1. The molecule has 0 radical (unpaired) electrons. The minimum atomic E-state index is 0.00329. The van der Waals surface area contributed by atoms with Crippen LogP contribution in [-0.2, 0) is 17.8 Å². The summed E-state index contributed by atoms with van der Waals surface area (Å²) in [6, 6.07) is 4.47. The topological polar surface area (TPSA) is 24.5 Å². The van der Waals surface area contributed by atoms with Gasteiger partial charge in [0, 0.05) is 35.9 Å². The molecule has 0 aromatic carbocycles. The fourth-order valence-corrected chi connectivity index (χ4v) is 3.32. The monoisotopic (exact) mass is 254 g/mol. The van der Waals surface area contributed by atoms with Gasteiger partial charge < -0.3 is 10.1 Å². The van der Waals surface area contributed by atoms with Gasteiger partial charge in [0.2, 0.25) is 0 Å². The van der Waals surface area contributed by atoms with Crippen LogP contribution in [0.3, 0.4) is 0 Å². The maximum absolute atomic E-state index is 5.73. The van der Waals surface area contributed by atoms with Crippen molar-refractivity contribution >= 4 is 11.3 Å². The maximum atomic E-state index is 5.73. The molecule has 1 aliphatic rings. The van der Waals surface area contributed by atoms with Gasteiger partial charge in [-0.3, -0.25) is 4.90 Å². The molecule has 1 aromatic heterocycles. The van der Waals surface area contributed by atoms with Gasteiger partial charge in [-0.15, -0.1) is 11.3 Å². The lowest BCUT2D eigenvalue weighted by Crippen LogP contribution is -2.47. The van der Waals surface area contributed by atoms with Crippen molar-refractivity contribution < 1.29 is 4.74 Å². The van der Waals surface area contributed by atoms with E-state index >= 15 is 0 Å². The third-order valence-corrected chi connectivity index (χ3v) is 4.02. The highest BCUT2D eigenvalue weighted by Gasteiger charge is 2.27. The van der Waals surface area contributed by atoms with E-state index in [1.165, 1.54) is 9.75 Å². The van der Waals surface area contributed by atoms with E-state index in [2.05, 4.69) is 36.2 Å². The molecule has 1 saturated heterocycles. The summed E-state index contributed by atoms with van der Waals surface area (Å²) in [5.41, 5.74) is 0.00329. The molecule has 0 saturated carbocycles. The lowest BCUT2D eigenvalue weighted by atomic mass is 10.1. The quantitative estimate of drug-likeness (QED) is 0.890. The van der Waals surface area contributed by atoms with Crippen LogP contribution in [-0.4, -0.2) is 37.2 Å². The summed E-state index contributed by atoms with van der Waals surface area (Å²) in [6.45, 7) is 9.27. The Balaban J connectivity index is 1.91. The molecule has 96 valence electrons. The number of ether oxygens (including phenoxy) is 1. The fraction of sp³-hybridized carbons (Fsp3) is 0.692. The summed E-state index contributed by atoms with van der Waals surface area (Å²) in [5, 5.41) is 3.19. The van der Waals surface area contributed by atoms with E-state index < -0.39 is 0 Å². The summed E-state index contributed by atoms with van der Waals surface area (Å²) < 4.78 is 5.73. The van der Waals surface area contributed by atoms with Crippen molar-refractivity contribution in [2.45, 2.75) is 32.5 Å². The molecule has 3 nitrogen and oxygen atoms in total. The zero-order valence-electron chi connectivity index (χ0n) is 11.0. The van der Waals surface area contributed by atoms with Crippen LogP contribution in [0.5, 0.6) is 0 Å². The lowest BCUT2D eigenvalue weighted by Gasteiger charge is -2.37. The number of hydrogen-bond acceptors (Lipinski definition) is 4. The van der Waals surface area contributed by atoms with Crippen LogP contribution < -0.4 is 5.32 Å². The molecule has 2 heterocycles. The van der Waals surface area contributed by atoms with E-state index in [-0.39, 0.29) is 5.60 Å². The molecule has 0 atom stereocenters. The van der Waals surface area contributed by atoms with Gasteiger partial charge >= 0.3 is 0 Å². The van der Waals surface area contributed by atoms with Crippen LogP contribution >= 0.6 is 11.3 Å². The van der Waals surface area contributed by atoms with Crippen molar-refractivity contribution in [3.63, 3.8) is 0 Å². The van der Waals surface area contributed by atoms with Crippen molar-refractivity contribution in [2.24, 2.45) is 0 Å². The molecule has 2 rings (SSSR count). The Labute approximate surface area is 108 Å². The standard InChI is InChI=1S/C13H22N2OS/c1-13(2)10-15(6-7-16-13)9-12-5-4-11(17-12)8-14-3/h4-5,14H,6-10H2,1-3H3. The summed E-state index contributed by atoms with van der Waals surface area (Å²) in [5.74, 6) is 0. The van der Waals surface area contributed by atoms with Gasteiger partial charge in [-0.1, -0.05) is 0 Å². The minimum absolute atomic E-state index is 0.00329. The predicted octanol–water partition coefficient (Wildman–Crippen LogP) is 2.08. The van der Waals surface area contributed by atoms with Gasteiger partial charge in [0.05, 0.1) is 12.2 Å². The van der Waals surface area contributed by atoms with Gasteiger partial charge in [-0.25, -0.2) is 0 Å². The molecule has 0 amide bonds. The Morgan fingerprint density at radius 1 is 1.41 bits per heavy atom. The first kappa shape index (κ1) is 13.0. The van der Waals surface area contributed by atoms with Gasteiger partial charge in [0.15, 0.2) is 0 Å². The van der Waals surface area contributed by atoms with Gasteiger partial charge in [0.25, 0.3) is 0 Å². The van der Waals surface area contributed by atoms with E-state index in [4.69, 9.17) is 4.74 Å². The lowest BCUT2D eigenvalue weighted by molar-refractivity contribution is -0.0880. The number of rotatable bonds is 4. The molecular weight excluding hydrogens is 232 g/mol. The second-order valence-electron chi connectivity index (χ2n) is 5.22. The maximum Gasteiger partial charge on any atom is 0.0753 e. The van der Waals surface area contributed by atoms with Crippen molar-refractivity contribution in [1.82, 2.24) is 10.2 Å². The smallest absolute Gasteiger partial charge is 0.0753 e. The molecule has 1 aromatic rings. The largest absolute Gasteiger partial charge is 0.373 e. The van der Waals surface area contributed by atoms with Crippen molar-refractivity contribution in [2.75, 3.05) is 26.7 Å². The molecule has 0 spiro atoms. The van der Waals surface area contributed by atoms with E-state index in [9.17, 15) is 0 Å². The molecule has 17 heavy (non-hydrogen) atoms. The third-order valence-electron chi connectivity index (χ3n) is 2.95. The zero-order valence-corrected chi connectivity index (χ0v) is 11.8. The zero-order chi connectivity index (χ0) is 12.3. The second kappa shape index (κ2) is 5.48. The summed E-state index contributed by atoms with van der Waals surface area (Å²) in [4.78, 5) is 5.35. The third kappa shape index (κ3) is 3.78. The van der Waals surface area contributed by atoms with Crippen molar-refractivity contribution in [3.05, 3.63) is 21.9 Å². The fourth-order valence-electron chi connectivity index (χ4n) is 2.25. The number of nitrogens with one attached hydrogen (secondary N) is 1. The van der Waals surface area contributed by atoms with Crippen LogP contribution in [0.1, 0.15) is 23.6 Å². The average molecular weight is 254 g/mol. The Kier molecular flexibility index (Phi) is 4.20. The second-order valence-corrected chi connectivity index (χ2v) is 6.47. The Morgan fingerprint density at radius 3 is 2.88 bits per heavy atom. The molecular formula is C13H22N2OS. The van der Waals surface area contributed by atoms with Gasteiger partial charge in [-0.2, -0.15) is 0 Å². The van der Waals surface area contributed by atoms with E-state index in [0.717, 1.165) is 32.8 Å². The molecule has 0 unspecified atom stereocenters. The highest BCUT2D eigenvalue weighted by Crippen LogP contribution is 2.22. The Bertz CT molecular complexity index is 362. The average Bonchev–Trinajstić information content (AvgIpc) is 2.64. The molecule has 1 fully saturated rings. The van der Waals surface area contributed by atoms with E-state index in [1.54, 1.807) is 0 Å². The predicted molar refractivity (Wildman–Crippen MR) is 72.4 cm³/mol. The molecule has 4 heteroatoms. The van der Waals surface area contributed by atoms with E-state index in [1.807, 2.05) is 18.4 Å². The van der Waals surface area contributed by atoms with Crippen LogP contribution in [0.2, 0.25) is 0 Å². The number of nitrogens with zero attached hydrogens (tertiary/aromatic N) is 1. The molecule has 0 aliphatic carbocycles. The number of hydrogen-bond donors (Lipinski definition) is 1. The normalized spacial score (nSPS) is 20.6. The Hall–Kier alpha value is -0.420. The summed E-state index contributed by atoms with van der Waals surface area (Å²) >= 11 is 1.91. The summed E-state index contributed by atoms with van der Waals surface area (Å²) in [6.07, 6.45) is 0. The first-order chi connectivity index (χ1) is 8.09. The first-order valence-corrected chi connectivity index (χ1v) is 6.99. The van der Waals surface area contributed by atoms with Crippen LogP contribution in [0.4, 0.5) is 0 Å². The minimum Gasteiger partial charge on any atom is -0.373 e. The molecule has 0 bridgehead atoms. The molecule has 1 aliphatic heterocycles. The van der Waals surface area contributed by atoms with Crippen molar-refractivity contribution in [1.29, 1.82) is 0 Å².